The van der Waals surface area contributed by atoms with E-state index in [-0.39, 0.29) is 6.04 Å². The number of hydrogen-bond donors (Lipinski definition) is 2. The van der Waals surface area contributed by atoms with E-state index in [0.29, 0.717) is 25.4 Å². The van der Waals surface area contributed by atoms with Crippen molar-refractivity contribution in [2.75, 3.05) is 44.4 Å². The highest BCUT2D eigenvalue weighted by Crippen LogP contribution is 2.25. The summed E-state index contributed by atoms with van der Waals surface area (Å²) >= 11 is 1.52. The van der Waals surface area contributed by atoms with Crippen molar-refractivity contribution in [1.82, 2.24) is 10.2 Å². The molecule has 2 amide bonds. The number of benzene rings is 2. The van der Waals surface area contributed by atoms with Crippen molar-refractivity contribution in [2.45, 2.75) is 17.9 Å². The Morgan fingerprint density at radius 3 is 2.45 bits per heavy atom. The molecular weight excluding hydrogens is 386 g/mol. The van der Waals surface area contributed by atoms with E-state index in [0.717, 1.165) is 23.5 Å². The van der Waals surface area contributed by atoms with Gasteiger partial charge in [-0.15, -0.1) is 11.8 Å². The summed E-state index contributed by atoms with van der Waals surface area (Å²) in [7, 11) is 0. The third-order valence-electron chi connectivity index (χ3n) is 4.97. The zero-order valence-corrected chi connectivity index (χ0v) is 17.6. The molecule has 1 aliphatic heterocycles. The molecule has 1 saturated heterocycles. The number of anilines is 1. The molecule has 7 heteroatoms. The average Bonchev–Trinajstić information content (AvgIpc) is 2.76. The van der Waals surface area contributed by atoms with Gasteiger partial charge < -0.3 is 15.4 Å². The molecule has 154 valence electrons. The zero-order valence-electron chi connectivity index (χ0n) is 16.8. The second-order valence-electron chi connectivity index (χ2n) is 6.94. The van der Waals surface area contributed by atoms with Gasteiger partial charge in [-0.3, -0.25) is 14.5 Å². The number of amides is 2. The van der Waals surface area contributed by atoms with Crippen LogP contribution < -0.4 is 10.6 Å². The lowest BCUT2D eigenvalue weighted by molar-refractivity contribution is -0.136. The van der Waals surface area contributed by atoms with Crippen LogP contribution in [0.4, 0.5) is 5.69 Å². The quantitative estimate of drug-likeness (QED) is 0.563. The fraction of sp³-hybridized carbons (Fsp3) is 0.364. The number of hydrogen-bond acceptors (Lipinski definition) is 5. The van der Waals surface area contributed by atoms with Crippen LogP contribution in [0.15, 0.2) is 53.4 Å². The highest BCUT2D eigenvalue weighted by molar-refractivity contribution is 7.98. The van der Waals surface area contributed by atoms with Gasteiger partial charge >= 0.3 is 11.8 Å². The summed E-state index contributed by atoms with van der Waals surface area (Å²) in [6, 6.07) is 15.7. The van der Waals surface area contributed by atoms with Crippen LogP contribution in [0.5, 0.6) is 0 Å². The first-order valence-electron chi connectivity index (χ1n) is 9.69. The first-order chi connectivity index (χ1) is 14.1. The van der Waals surface area contributed by atoms with Crippen molar-refractivity contribution in [2.24, 2.45) is 0 Å². The smallest absolute Gasteiger partial charge is 0.313 e. The standard InChI is InChI=1S/C22H27N3O3S/c1-16-7-9-17(10-8-16)19(25-11-13-28-14-12-25)15-23-21(26)22(27)24-18-5-3-4-6-20(18)29-2/h3-10,19H,11-15H2,1-2H3,(H,23,26)(H,24,27)/t19-/m1/s1. The molecule has 2 N–H and O–H groups in total. The summed E-state index contributed by atoms with van der Waals surface area (Å²) in [5.41, 5.74) is 2.94. The Hall–Kier alpha value is -2.35. The van der Waals surface area contributed by atoms with E-state index in [1.807, 2.05) is 31.4 Å². The minimum Gasteiger partial charge on any atom is -0.379 e. The van der Waals surface area contributed by atoms with Crippen molar-refractivity contribution in [1.29, 1.82) is 0 Å². The van der Waals surface area contributed by atoms with Crippen LogP contribution in [0.2, 0.25) is 0 Å². The van der Waals surface area contributed by atoms with E-state index in [9.17, 15) is 9.59 Å². The lowest BCUT2D eigenvalue weighted by atomic mass is 10.0. The number of nitrogens with one attached hydrogen (secondary N) is 2. The Kier molecular flexibility index (Phi) is 7.69. The van der Waals surface area contributed by atoms with Crippen molar-refractivity contribution in [3.05, 3.63) is 59.7 Å². The van der Waals surface area contributed by atoms with E-state index in [1.165, 1.54) is 17.3 Å². The largest absolute Gasteiger partial charge is 0.379 e. The van der Waals surface area contributed by atoms with Crippen LogP contribution in [0.3, 0.4) is 0 Å². The predicted octanol–water partition coefficient (Wildman–Crippen LogP) is 2.85. The van der Waals surface area contributed by atoms with Gasteiger partial charge in [-0.05, 0) is 30.9 Å². The molecule has 0 unspecified atom stereocenters. The van der Waals surface area contributed by atoms with Crippen LogP contribution in [0, 0.1) is 6.92 Å². The highest BCUT2D eigenvalue weighted by Gasteiger charge is 2.24. The number of aryl methyl sites for hydroxylation is 1. The van der Waals surface area contributed by atoms with Gasteiger partial charge in [0.2, 0.25) is 0 Å². The van der Waals surface area contributed by atoms with Gasteiger partial charge in [-0.1, -0.05) is 42.0 Å². The third kappa shape index (κ3) is 5.82. The van der Waals surface area contributed by atoms with E-state index >= 15 is 0 Å². The number of carbonyl (C=O) groups is 2. The molecule has 0 aromatic heterocycles. The number of thioether (sulfide) groups is 1. The average molecular weight is 414 g/mol. The van der Waals surface area contributed by atoms with Crippen LogP contribution in [0.25, 0.3) is 0 Å². The summed E-state index contributed by atoms with van der Waals surface area (Å²) in [4.78, 5) is 28.0. The van der Waals surface area contributed by atoms with E-state index in [1.54, 1.807) is 6.07 Å². The molecule has 2 aromatic carbocycles. The summed E-state index contributed by atoms with van der Waals surface area (Å²) in [5.74, 6) is -1.29. The third-order valence-corrected chi connectivity index (χ3v) is 5.76. The first-order valence-corrected chi connectivity index (χ1v) is 10.9. The highest BCUT2D eigenvalue weighted by atomic mass is 32.2. The van der Waals surface area contributed by atoms with Gasteiger partial charge in [-0.25, -0.2) is 0 Å². The number of rotatable bonds is 6. The van der Waals surface area contributed by atoms with Crippen molar-refractivity contribution in [3.63, 3.8) is 0 Å². The van der Waals surface area contributed by atoms with Gasteiger partial charge in [0.1, 0.15) is 0 Å². The second kappa shape index (κ2) is 10.4. The predicted molar refractivity (Wildman–Crippen MR) is 116 cm³/mol. The summed E-state index contributed by atoms with van der Waals surface area (Å²) in [6.07, 6.45) is 1.93. The van der Waals surface area contributed by atoms with Crippen molar-refractivity contribution >= 4 is 29.3 Å². The molecule has 6 nitrogen and oxygen atoms in total. The van der Waals surface area contributed by atoms with E-state index in [2.05, 4.69) is 39.8 Å². The molecule has 2 aromatic rings. The van der Waals surface area contributed by atoms with Crippen molar-refractivity contribution in [3.8, 4) is 0 Å². The number of morpholine rings is 1. The number of carbonyl (C=O) groups excluding carboxylic acids is 2. The molecule has 0 aliphatic carbocycles. The van der Waals surface area contributed by atoms with Crippen LogP contribution >= 0.6 is 11.8 Å². The summed E-state index contributed by atoms with van der Waals surface area (Å²) < 4.78 is 5.46. The molecule has 1 aliphatic rings. The molecule has 1 atom stereocenters. The van der Waals surface area contributed by atoms with Crippen LogP contribution in [-0.2, 0) is 14.3 Å². The SMILES string of the molecule is CSc1ccccc1NC(=O)C(=O)NC[C@H](c1ccc(C)cc1)N1CCOCC1. The fourth-order valence-electron chi connectivity index (χ4n) is 3.33. The maximum Gasteiger partial charge on any atom is 0.313 e. The van der Waals surface area contributed by atoms with Gasteiger partial charge in [0, 0.05) is 24.5 Å². The summed E-state index contributed by atoms with van der Waals surface area (Å²) in [5, 5.41) is 5.52. The van der Waals surface area contributed by atoms with Crippen LogP contribution in [-0.4, -0.2) is 55.8 Å². The Labute approximate surface area is 176 Å². The molecule has 0 radical (unpaired) electrons. The summed E-state index contributed by atoms with van der Waals surface area (Å²) in [6.45, 7) is 5.33. The Morgan fingerprint density at radius 1 is 1.07 bits per heavy atom. The fourth-order valence-corrected chi connectivity index (χ4v) is 3.89. The molecule has 0 bridgehead atoms. The lowest BCUT2D eigenvalue weighted by Crippen LogP contribution is -2.45. The van der Waals surface area contributed by atoms with Gasteiger partial charge in [0.25, 0.3) is 0 Å². The molecule has 29 heavy (non-hydrogen) atoms. The normalized spacial score (nSPS) is 15.5. The number of nitrogens with zero attached hydrogens (tertiary/aromatic N) is 1. The maximum absolute atomic E-state index is 12.4. The molecule has 0 saturated carbocycles. The zero-order chi connectivity index (χ0) is 20.6. The van der Waals surface area contributed by atoms with Gasteiger partial charge in [0.15, 0.2) is 0 Å². The molecule has 0 spiro atoms. The minimum absolute atomic E-state index is 0.00488. The Balaban J connectivity index is 1.65. The molecular formula is C22H27N3O3S. The Morgan fingerprint density at radius 2 is 1.76 bits per heavy atom. The second-order valence-corrected chi connectivity index (χ2v) is 7.79. The van der Waals surface area contributed by atoms with Crippen molar-refractivity contribution < 1.29 is 14.3 Å². The van der Waals surface area contributed by atoms with Gasteiger partial charge in [0.05, 0.1) is 24.9 Å². The first kappa shape index (κ1) is 21.4. The molecule has 1 heterocycles. The minimum atomic E-state index is -0.656. The number of ether oxygens (including phenoxy) is 1. The van der Waals surface area contributed by atoms with Gasteiger partial charge in [-0.2, -0.15) is 0 Å². The monoisotopic (exact) mass is 413 g/mol. The molecule has 3 rings (SSSR count). The lowest BCUT2D eigenvalue weighted by Gasteiger charge is -2.35. The maximum atomic E-state index is 12.4. The van der Waals surface area contributed by atoms with Crippen LogP contribution in [0.1, 0.15) is 17.2 Å². The molecule has 1 fully saturated rings. The Bertz CT molecular complexity index is 835. The number of para-hydroxylation sites is 1. The van der Waals surface area contributed by atoms with E-state index in [4.69, 9.17) is 4.74 Å². The topological polar surface area (TPSA) is 70.7 Å². The van der Waals surface area contributed by atoms with E-state index < -0.39 is 11.8 Å².